The quantitative estimate of drug-likeness (QED) is 0.819. The van der Waals surface area contributed by atoms with E-state index in [1.54, 1.807) is 18.3 Å². The smallest absolute Gasteiger partial charge is 0.356 e. The number of hydrogen-bond acceptors (Lipinski definition) is 5. The number of nitrogens with zero attached hydrogens (tertiary/aromatic N) is 1. The first-order valence-corrected chi connectivity index (χ1v) is 6.67. The van der Waals surface area contributed by atoms with Crippen molar-refractivity contribution in [2.75, 3.05) is 26.8 Å². The molecular formula is C14H20N2O3. The van der Waals surface area contributed by atoms with Crippen molar-refractivity contribution >= 4 is 5.97 Å². The molecule has 1 saturated heterocycles. The Hall–Kier alpha value is -1.62. The van der Waals surface area contributed by atoms with Gasteiger partial charge in [0, 0.05) is 12.3 Å². The van der Waals surface area contributed by atoms with Gasteiger partial charge in [0.25, 0.3) is 0 Å². The Morgan fingerprint density at radius 2 is 2.47 bits per heavy atom. The molecule has 1 aliphatic heterocycles. The second-order valence-corrected chi connectivity index (χ2v) is 4.72. The molecule has 0 saturated carbocycles. The SMILES string of the molecule is COC(=O)c1cc(OCCC2CCCNC2)ccn1. The first kappa shape index (κ1) is 13.8. The van der Waals surface area contributed by atoms with Gasteiger partial charge in [-0.3, -0.25) is 0 Å². The Balaban J connectivity index is 1.80. The number of methoxy groups -OCH3 is 1. The molecule has 0 bridgehead atoms. The molecule has 0 aliphatic carbocycles. The summed E-state index contributed by atoms with van der Waals surface area (Å²) in [6, 6.07) is 3.37. The zero-order valence-corrected chi connectivity index (χ0v) is 11.2. The predicted octanol–water partition coefficient (Wildman–Crippen LogP) is 1.64. The molecule has 0 aromatic carbocycles. The van der Waals surface area contributed by atoms with Crippen LogP contribution in [-0.4, -0.2) is 37.8 Å². The van der Waals surface area contributed by atoms with Gasteiger partial charge in [0.05, 0.1) is 13.7 Å². The molecule has 1 aliphatic rings. The summed E-state index contributed by atoms with van der Waals surface area (Å²) in [5.41, 5.74) is 0.277. The molecule has 19 heavy (non-hydrogen) atoms. The maximum absolute atomic E-state index is 11.3. The third-order valence-corrected chi connectivity index (χ3v) is 3.32. The summed E-state index contributed by atoms with van der Waals surface area (Å²) in [7, 11) is 1.34. The minimum atomic E-state index is -0.443. The Morgan fingerprint density at radius 3 is 3.21 bits per heavy atom. The van der Waals surface area contributed by atoms with Gasteiger partial charge in [0.2, 0.25) is 0 Å². The van der Waals surface area contributed by atoms with E-state index in [1.165, 1.54) is 20.0 Å². The van der Waals surface area contributed by atoms with Crippen molar-refractivity contribution in [3.8, 4) is 5.75 Å². The maximum Gasteiger partial charge on any atom is 0.356 e. The number of ether oxygens (including phenoxy) is 2. The third kappa shape index (κ3) is 4.21. The average Bonchev–Trinajstić information content (AvgIpc) is 2.48. The molecular weight excluding hydrogens is 244 g/mol. The summed E-state index contributed by atoms with van der Waals surface area (Å²) in [6.45, 7) is 2.87. The van der Waals surface area contributed by atoms with Crippen LogP contribution in [-0.2, 0) is 4.74 Å². The molecule has 0 radical (unpaired) electrons. The van der Waals surface area contributed by atoms with Gasteiger partial charge in [0.1, 0.15) is 5.75 Å². The van der Waals surface area contributed by atoms with Crippen LogP contribution in [0, 0.1) is 5.92 Å². The van der Waals surface area contributed by atoms with Crippen LogP contribution in [0.15, 0.2) is 18.3 Å². The Kier molecular flexibility index (Phi) is 5.15. The predicted molar refractivity (Wildman–Crippen MR) is 71.3 cm³/mol. The first-order valence-electron chi connectivity index (χ1n) is 6.67. The highest BCUT2D eigenvalue weighted by Crippen LogP contribution is 2.16. The lowest BCUT2D eigenvalue weighted by molar-refractivity contribution is 0.0593. The van der Waals surface area contributed by atoms with Gasteiger partial charge < -0.3 is 14.8 Å². The Bertz CT molecular complexity index is 417. The second kappa shape index (κ2) is 7.09. The zero-order valence-electron chi connectivity index (χ0n) is 11.2. The summed E-state index contributed by atoms with van der Waals surface area (Å²) in [5.74, 6) is 0.914. The van der Waals surface area contributed by atoms with Gasteiger partial charge in [-0.05, 0) is 44.3 Å². The van der Waals surface area contributed by atoms with Crippen molar-refractivity contribution in [2.24, 2.45) is 5.92 Å². The van der Waals surface area contributed by atoms with Crippen molar-refractivity contribution < 1.29 is 14.3 Å². The monoisotopic (exact) mass is 264 g/mol. The molecule has 1 aromatic rings. The maximum atomic E-state index is 11.3. The molecule has 1 N–H and O–H groups in total. The highest BCUT2D eigenvalue weighted by atomic mass is 16.5. The lowest BCUT2D eigenvalue weighted by Gasteiger charge is -2.22. The van der Waals surface area contributed by atoms with E-state index in [9.17, 15) is 4.79 Å². The van der Waals surface area contributed by atoms with Crippen molar-refractivity contribution in [3.63, 3.8) is 0 Å². The van der Waals surface area contributed by atoms with Crippen molar-refractivity contribution in [3.05, 3.63) is 24.0 Å². The number of rotatable bonds is 5. The van der Waals surface area contributed by atoms with Crippen LogP contribution in [0.5, 0.6) is 5.75 Å². The molecule has 2 rings (SSSR count). The van der Waals surface area contributed by atoms with Gasteiger partial charge in [-0.1, -0.05) is 0 Å². The van der Waals surface area contributed by atoms with E-state index in [1.807, 2.05) is 0 Å². The molecule has 1 unspecified atom stereocenters. The van der Waals surface area contributed by atoms with Gasteiger partial charge >= 0.3 is 5.97 Å². The normalized spacial score (nSPS) is 18.9. The molecule has 1 fully saturated rings. The number of pyridine rings is 1. The summed E-state index contributed by atoms with van der Waals surface area (Å²) in [4.78, 5) is 15.3. The second-order valence-electron chi connectivity index (χ2n) is 4.72. The Labute approximate surface area is 113 Å². The minimum absolute atomic E-state index is 0.277. The van der Waals surface area contributed by atoms with E-state index in [0.29, 0.717) is 18.3 Å². The minimum Gasteiger partial charge on any atom is -0.493 e. The van der Waals surface area contributed by atoms with Crippen LogP contribution in [0.3, 0.4) is 0 Å². The van der Waals surface area contributed by atoms with E-state index >= 15 is 0 Å². The van der Waals surface area contributed by atoms with Gasteiger partial charge in [-0.15, -0.1) is 0 Å². The van der Waals surface area contributed by atoms with Crippen LogP contribution in [0.4, 0.5) is 0 Å². The average molecular weight is 264 g/mol. The lowest BCUT2D eigenvalue weighted by Crippen LogP contribution is -2.30. The number of carbonyl (C=O) groups excluding carboxylic acids is 1. The summed E-state index contributed by atoms with van der Waals surface area (Å²) in [5, 5.41) is 3.39. The molecule has 2 heterocycles. The van der Waals surface area contributed by atoms with Crippen LogP contribution < -0.4 is 10.1 Å². The molecule has 1 aromatic heterocycles. The van der Waals surface area contributed by atoms with E-state index in [0.717, 1.165) is 19.5 Å². The summed E-state index contributed by atoms with van der Waals surface area (Å²) >= 11 is 0. The van der Waals surface area contributed by atoms with Gasteiger partial charge in [-0.2, -0.15) is 0 Å². The van der Waals surface area contributed by atoms with Gasteiger partial charge in [0.15, 0.2) is 5.69 Å². The largest absolute Gasteiger partial charge is 0.493 e. The molecule has 0 amide bonds. The standard InChI is InChI=1S/C14H20N2O3/c1-18-14(17)13-9-12(4-7-16-13)19-8-5-11-3-2-6-15-10-11/h4,7,9,11,15H,2-3,5-6,8,10H2,1H3. The van der Waals surface area contributed by atoms with Gasteiger partial charge in [-0.25, -0.2) is 9.78 Å². The van der Waals surface area contributed by atoms with Crippen LogP contribution >= 0.6 is 0 Å². The number of hydrogen-bond donors (Lipinski definition) is 1. The number of piperidine rings is 1. The van der Waals surface area contributed by atoms with E-state index in [4.69, 9.17) is 4.74 Å². The van der Waals surface area contributed by atoms with Crippen molar-refractivity contribution in [1.29, 1.82) is 0 Å². The van der Waals surface area contributed by atoms with Crippen LogP contribution in [0.2, 0.25) is 0 Å². The number of nitrogens with one attached hydrogen (secondary N) is 1. The molecule has 104 valence electrons. The fourth-order valence-electron chi connectivity index (χ4n) is 2.23. The summed E-state index contributed by atoms with van der Waals surface area (Å²) in [6.07, 6.45) is 5.10. The molecule has 1 atom stereocenters. The number of carbonyl (C=O) groups is 1. The third-order valence-electron chi connectivity index (χ3n) is 3.32. The van der Waals surface area contributed by atoms with Crippen molar-refractivity contribution in [2.45, 2.75) is 19.3 Å². The number of esters is 1. The Morgan fingerprint density at radius 1 is 1.58 bits per heavy atom. The topological polar surface area (TPSA) is 60.5 Å². The van der Waals surface area contributed by atoms with E-state index < -0.39 is 5.97 Å². The lowest BCUT2D eigenvalue weighted by atomic mass is 9.97. The fraction of sp³-hybridized carbons (Fsp3) is 0.571. The highest BCUT2D eigenvalue weighted by molar-refractivity contribution is 5.87. The van der Waals surface area contributed by atoms with Crippen LogP contribution in [0.25, 0.3) is 0 Å². The molecule has 0 spiro atoms. The fourth-order valence-corrected chi connectivity index (χ4v) is 2.23. The molecule has 5 heteroatoms. The van der Waals surface area contributed by atoms with E-state index in [-0.39, 0.29) is 5.69 Å². The zero-order chi connectivity index (χ0) is 13.5. The first-order chi connectivity index (χ1) is 9.29. The van der Waals surface area contributed by atoms with Crippen LogP contribution in [0.1, 0.15) is 29.8 Å². The van der Waals surface area contributed by atoms with E-state index in [2.05, 4.69) is 15.0 Å². The number of aromatic nitrogens is 1. The summed E-state index contributed by atoms with van der Waals surface area (Å²) < 4.78 is 10.3. The molecule has 5 nitrogen and oxygen atoms in total. The van der Waals surface area contributed by atoms with Crippen molar-refractivity contribution in [1.82, 2.24) is 10.3 Å². The highest BCUT2D eigenvalue weighted by Gasteiger charge is 2.13.